The molecule has 2 bridgehead atoms. The lowest BCUT2D eigenvalue weighted by Gasteiger charge is -2.48. The van der Waals surface area contributed by atoms with Crippen LogP contribution in [-0.2, 0) is 11.3 Å². The second kappa shape index (κ2) is 10.2. The Kier molecular flexibility index (Phi) is 6.67. The first-order valence-electron chi connectivity index (χ1n) is 13.4. The molecule has 3 fully saturated rings. The number of methoxy groups -OCH3 is 1. The molecule has 2 aliphatic heterocycles. The predicted molar refractivity (Wildman–Crippen MR) is 139 cm³/mol. The minimum Gasteiger partial charge on any atom is -0.497 e. The molecule has 36 heavy (non-hydrogen) atoms. The molecule has 0 spiro atoms. The van der Waals surface area contributed by atoms with E-state index >= 15 is 0 Å². The highest BCUT2D eigenvalue weighted by molar-refractivity contribution is 6.05. The number of nitrogens with one attached hydrogen (secondary N) is 1. The van der Waals surface area contributed by atoms with Crippen molar-refractivity contribution in [2.75, 3.05) is 20.3 Å². The second-order valence-electron chi connectivity index (χ2n) is 10.6. The number of aromatic nitrogens is 2. The van der Waals surface area contributed by atoms with Crippen molar-refractivity contribution in [3.63, 3.8) is 0 Å². The van der Waals surface area contributed by atoms with Crippen molar-refractivity contribution in [2.45, 2.75) is 75.7 Å². The van der Waals surface area contributed by atoms with Crippen LogP contribution >= 0.6 is 0 Å². The van der Waals surface area contributed by atoms with Crippen LogP contribution in [0.5, 0.6) is 5.75 Å². The fourth-order valence-corrected chi connectivity index (χ4v) is 6.42. The van der Waals surface area contributed by atoms with Crippen molar-refractivity contribution < 1.29 is 14.3 Å². The summed E-state index contributed by atoms with van der Waals surface area (Å²) in [5.41, 5.74) is 2.92. The predicted octanol–water partition coefficient (Wildman–Crippen LogP) is 4.71. The first-order valence-corrected chi connectivity index (χ1v) is 13.4. The molecule has 3 aliphatic rings. The van der Waals surface area contributed by atoms with E-state index in [9.17, 15) is 4.79 Å². The van der Waals surface area contributed by atoms with Gasteiger partial charge in [0, 0.05) is 30.1 Å². The van der Waals surface area contributed by atoms with Gasteiger partial charge in [0.1, 0.15) is 5.75 Å². The molecule has 3 heterocycles. The summed E-state index contributed by atoms with van der Waals surface area (Å²) in [4.78, 5) is 16.1. The molecule has 3 aromatic rings. The normalized spacial score (nSPS) is 25.1. The number of rotatable bonds is 6. The molecule has 0 radical (unpaired) electrons. The van der Waals surface area contributed by atoms with Gasteiger partial charge in [-0.3, -0.25) is 14.4 Å². The maximum Gasteiger partial charge on any atom is 0.272 e. The quantitative estimate of drug-likeness (QED) is 0.544. The van der Waals surface area contributed by atoms with Crippen LogP contribution < -0.4 is 10.1 Å². The molecule has 1 N–H and O–H groups in total. The lowest BCUT2D eigenvalue weighted by molar-refractivity contribution is -0.0843. The van der Waals surface area contributed by atoms with Crippen molar-refractivity contribution in [3.05, 3.63) is 59.8 Å². The molecule has 6 rings (SSSR count). The Balaban J connectivity index is 1.17. The fourth-order valence-electron chi connectivity index (χ4n) is 6.42. The molecule has 1 amide bonds. The third kappa shape index (κ3) is 4.62. The Labute approximate surface area is 212 Å². The number of para-hydroxylation sites is 1. The number of nitrogens with zero attached hydrogens (tertiary/aromatic N) is 3. The van der Waals surface area contributed by atoms with E-state index in [0.29, 0.717) is 37.0 Å². The smallest absolute Gasteiger partial charge is 0.272 e. The summed E-state index contributed by atoms with van der Waals surface area (Å²) in [6, 6.07) is 17.6. The molecule has 190 valence electrons. The fraction of sp³-hybridized carbons (Fsp3) is 0.517. The van der Waals surface area contributed by atoms with Gasteiger partial charge < -0.3 is 14.8 Å². The van der Waals surface area contributed by atoms with Crippen LogP contribution in [0.15, 0.2) is 48.5 Å². The van der Waals surface area contributed by atoms with E-state index < -0.39 is 0 Å². The van der Waals surface area contributed by atoms with Crippen LogP contribution in [0.4, 0.5) is 0 Å². The molecular formula is C29H36N4O3. The van der Waals surface area contributed by atoms with Crippen molar-refractivity contribution in [2.24, 2.45) is 0 Å². The van der Waals surface area contributed by atoms with Crippen LogP contribution in [0.25, 0.3) is 10.9 Å². The van der Waals surface area contributed by atoms with Crippen LogP contribution in [0.2, 0.25) is 0 Å². The number of amides is 1. The Hall–Kier alpha value is -2.90. The van der Waals surface area contributed by atoms with E-state index in [2.05, 4.69) is 33.1 Å². The largest absolute Gasteiger partial charge is 0.497 e. The first-order chi connectivity index (χ1) is 17.7. The van der Waals surface area contributed by atoms with Gasteiger partial charge in [-0.25, -0.2) is 0 Å². The molecule has 1 aromatic heterocycles. The second-order valence-corrected chi connectivity index (χ2v) is 10.6. The first kappa shape index (κ1) is 23.5. The molecule has 1 saturated carbocycles. The Morgan fingerprint density at radius 2 is 1.72 bits per heavy atom. The Morgan fingerprint density at radius 3 is 2.44 bits per heavy atom. The topological polar surface area (TPSA) is 68.6 Å². The summed E-state index contributed by atoms with van der Waals surface area (Å²) >= 11 is 0. The number of hydrogen-bond acceptors (Lipinski definition) is 5. The SMILES string of the molecule is COc1ccc(CN2C3COCC2CC(NC(=O)c2nn(C4CCCCC4)c4ccccc24)C3)cc1. The molecule has 2 atom stereocenters. The Morgan fingerprint density at radius 1 is 1.00 bits per heavy atom. The van der Waals surface area contributed by atoms with Crippen LogP contribution in [0, 0.1) is 0 Å². The zero-order valence-electron chi connectivity index (χ0n) is 21.1. The summed E-state index contributed by atoms with van der Waals surface area (Å²) < 4.78 is 13.3. The molecule has 7 nitrogen and oxygen atoms in total. The van der Waals surface area contributed by atoms with Gasteiger partial charge >= 0.3 is 0 Å². The lowest BCUT2D eigenvalue weighted by Crippen LogP contribution is -2.60. The summed E-state index contributed by atoms with van der Waals surface area (Å²) in [5, 5.41) is 9.21. The van der Waals surface area contributed by atoms with E-state index in [1.807, 2.05) is 30.3 Å². The highest BCUT2D eigenvalue weighted by Crippen LogP contribution is 2.33. The lowest BCUT2D eigenvalue weighted by atomic mass is 9.89. The van der Waals surface area contributed by atoms with Gasteiger partial charge in [0.05, 0.1) is 31.9 Å². The number of piperidine rings is 1. The zero-order chi connectivity index (χ0) is 24.5. The highest BCUT2D eigenvalue weighted by Gasteiger charge is 2.39. The number of hydrogen-bond donors (Lipinski definition) is 1. The van der Waals surface area contributed by atoms with Crippen LogP contribution in [0.3, 0.4) is 0 Å². The van der Waals surface area contributed by atoms with Crippen molar-refractivity contribution in [1.29, 1.82) is 0 Å². The van der Waals surface area contributed by atoms with Crippen LogP contribution in [-0.4, -0.2) is 59.0 Å². The van der Waals surface area contributed by atoms with Gasteiger partial charge in [-0.1, -0.05) is 49.6 Å². The Bertz CT molecular complexity index is 1190. The number of ether oxygens (including phenoxy) is 2. The van der Waals surface area contributed by atoms with Crippen molar-refractivity contribution in [3.8, 4) is 5.75 Å². The molecule has 2 aromatic carbocycles. The van der Waals surface area contributed by atoms with Gasteiger partial charge in [-0.2, -0.15) is 5.10 Å². The minimum atomic E-state index is -0.0478. The number of benzene rings is 2. The average Bonchev–Trinajstić information content (AvgIpc) is 3.30. The highest BCUT2D eigenvalue weighted by atomic mass is 16.5. The summed E-state index contributed by atoms with van der Waals surface area (Å²) in [5.74, 6) is 0.829. The number of morpholine rings is 1. The van der Waals surface area contributed by atoms with Gasteiger partial charge in [0.15, 0.2) is 5.69 Å². The summed E-state index contributed by atoms with van der Waals surface area (Å²) in [7, 11) is 1.69. The van der Waals surface area contributed by atoms with Gasteiger partial charge in [-0.15, -0.1) is 0 Å². The summed E-state index contributed by atoms with van der Waals surface area (Å²) in [6.07, 6.45) is 7.83. The van der Waals surface area contributed by atoms with Gasteiger partial charge in [0.2, 0.25) is 0 Å². The maximum atomic E-state index is 13.5. The zero-order valence-corrected chi connectivity index (χ0v) is 21.1. The van der Waals surface area contributed by atoms with E-state index in [1.54, 1.807) is 7.11 Å². The van der Waals surface area contributed by atoms with E-state index in [1.165, 1.54) is 24.8 Å². The molecule has 7 heteroatoms. The monoisotopic (exact) mass is 488 g/mol. The molecule has 2 saturated heterocycles. The van der Waals surface area contributed by atoms with Gasteiger partial charge in [0.25, 0.3) is 5.91 Å². The average molecular weight is 489 g/mol. The van der Waals surface area contributed by atoms with Crippen molar-refractivity contribution >= 4 is 16.8 Å². The third-order valence-electron chi connectivity index (χ3n) is 8.28. The molecular weight excluding hydrogens is 452 g/mol. The maximum absolute atomic E-state index is 13.5. The third-order valence-corrected chi connectivity index (χ3v) is 8.28. The van der Waals surface area contributed by atoms with Crippen LogP contribution in [0.1, 0.15) is 67.0 Å². The number of carbonyl (C=O) groups excluding carboxylic acids is 1. The van der Waals surface area contributed by atoms with Crippen molar-refractivity contribution in [1.82, 2.24) is 20.0 Å². The van der Waals surface area contributed by atoms with E-state index in [0.717, 1.165) is 48.9 Å². The minimum absolute atomic E-state index is 0.0478. The molecule has 1 aliphatic carbocycles. The molecule has 2 unspecified atom stereocenters. The summed E-state index contributed by atoms with van der Waals surface area (Å²) in [6.45, 7) is 2.30. The number of fused-ring (bicyclic) bond motifs is 3. The van der Waals surface area contributed by atoms with E-state index in [-0.39, 0.29) is 11.9 Å². The standard InChI is InChI=1S/C29H36N4O3/c1-35-25-13-11-20(12-14-25)17-32-23-15-21(16-24(32)19-36-18-23)30-29(34)28-26-9-5-6-10-27(26)33(31-28)22-7-3-2-4-8-22/h5-6,9-14,21-24H,2-4,7-8,15-19H2,1H3,(H,30,34). The number of carbonyl (C=O) groups is 1. The van der Waals surface area contributed by atoms with Gasteiger partial charge in [-0.05, 0) is 49.4 Å². The van der Waals surface area contributed by atoms with E-state index in [4.69, 9.17) is 14.6 Å².